The van der Waals surface area contributed by atoms with Gasteiger partial charge in [-0.3, -0.25) is 14.4 Å². The first kappa shape index (κ1) is 17.0. The average molecular weight is 272 g/mol. The predicted molar refractivity (Wildman–Crippen MR) is 69.2 cm³/mol. The van der Waals surface area contributed by atoms with Crippen molar-refractivity contribution < 1.29 is 19.5 Å². The van der Waals surface area contributed by atoms with Gasteiger partial charge in [-0.1, -0.05) is 0 Å². The molecule has 0 heterocycles. The third kappa shape index (κ3) is 8.72. The minimum Gasteiger partial charge on any atom is -0.395 e. The minimum absolute atomic E-state index is 0.00819. The molecule has 4 N–H and O–H groups in total. The Morgan fingerprint density at radius 2 is 1.84 bits per heavy atom. The lowest BCUT2D eigenvalue weighted by atomic mass is 10.2. The number of hydrogen-bond acceptors (Lipinski definition) is 5. The fourth-order valence-electron chi connectivity index (χ4n) is 1.09. The van der Waals surface area contributed by atoms with Crippen LogP contribution in [0.2, 0.25) is 0 Å². The molecule has 0 saturated carbocycles. The second kappa shape index (κ2) is 9.03. The summed E-state index contributed by atoms with van der Waals surface area (Å²) in [6.07, 6.45) is 0.0384. The van der Waals surface area contributed by atoms with Gasteiger partial charge in [0.25, 0.3) is 0 Å². The summed E-state index contributed by atoms with van der Waals surface area (Å²) in [4.78, 5) is 33.7. The van der Waals surface area contributed by atoms with Crippen LogP contribution in [0.5, 0.6) is 0 Å². The first-order valence-corrected chi connectivity index (χ1v) is 5.88. The molecule has 0 aliphatic heterocycles. The third-order valence-electron chi connectivity index (χ3n) is 1.82. The standard InChI is InChI=1S/C11H20N4O4/c1-7(2)13-9(17)6-8(3)14-15-11(19)10(18)12-4-5-16/h7,16H,4-6H2,1-3H3,(H,12,18)(H,13,17)(H,15,19)/b14-8-. The van der Waals surface area contributed by atoms with Crippen molar-refractivity contribution in [3.05, 3.63) is 0 Å². The summed E-state index contributed by atoms with van der Waals surface area (Å²) < 4.78 is 0. The molecule has 0 bridgehead atoms. The molecule has 0 saturated heterocycles. The summed E-state index contributed by atoms with van der Waals surface area (Å²) >= 11 is 0. The van der Waals surface area contributed by atoms with Crippen molar-refractivity contribution >= 4 is 23.4 Å². The highest BCUT2D eigenvalue weighted by Gasteiger charge is 2.12. The quantitative estimate of drug-likeness (QED) is 0.267. The number of carbonyl (C=O) groups is 3. The van der Waals surface area contributed by atoms with Gasteiger partial charge in [0.05, 0.1) is 13.0 Å². The van der Waals surface area contributed by atoms with E-state index < -0.39 is 11.8 Å². The Labute approximate surface area is 111 Å². The van der Waals surface area contributed by atoms with Crippen LogP contribution in [-0.4, -0.2) is 47.7 Å². The fourth-order valence-corrected chi connectivity index (χ4v) is 1.09. The van der Waals surface area contributed by atoms with Crippen LogP contribution in [0, 0.1) is 0 Å². The van der Waals surface area contributed by atoms with E-state index in [-0.39, 0.29) is 31.5 Å². The van der Waals surface area contributed by atoms with E-state index in [1.807, 2.05) is 19.3 Å². The van der Waals surface area contributed by atoms with Gasteiger partial charge in [-0.25, -0.2) is 5.43 Å². The Morgan fingerprint density at radius 3 is 2.37 bits per heavy atom. The van der Waals surface area contributed by atoms with E-state index in [2.05, 4.69) is 15.7 Å². The van der Waals surface area contributed by atoms with Crippen LogP contribution >= 0.6 is 0 Å². The SMILES string of the molecule is C/C(CC(=O)NC(C)C)=N/NC(=O)C(=O)NCCO. The van der Waals surface area contributed by atoms with Crippen molar-refractivity contribution in [3.63, 3.8) is 0 Å². The normalized spacial score (nSPS) is 11.1. The average Bonchev–Trinajstić information content (AvgIpc) is 2.31. The zero-order valence-corrected chi connectivity index (χ0v) is 11.3. The Morgan fingerprint density at radius 1 is 1.21 bits per heavy atom. The number of rotatable bonds is 6. The lowest BCUT2D eigenvalue weighted by molar-refractivity contribution is -0.139. The Balaban J connectivity index is 4.13. The second-order valence-corrected chi connectivity index (χ2v) is 4.17. The van der Waals surface area contributed by atoms with Gasteiger partial charge in [0.1, 0.15) is 0 Å². The van der Waals surface area contributed by atoms with Crippen molar-refractivity contribution in [2.45, 2.75) is 33.2 Å². The van der Waals surface area contributed by atoms with E-state index in [0.717, 1.165) is 0 Å². The maximum atomic E-state index is 11.4. The van der Waals surface area contributed by atoms with E-state index >= 15 is 0 Å². The monoisotopic (exact) mass is 272 g/mol. The Kier molecular flexibility index (Phi) is 8.10. The zero-order valence-electron chi connectivity index (χ0n) is 11.3. The highest BCUT2D eigenvalue weighted by molar-refractivity contribution is 6.35. The molecule has 0 fully saturated rings. The molecule has 0 aliphatic rings. The van der Waals surface area contributed by atoms with Crippen LogP contribution in [0.15, 0.2) is 5.10 Å². The zero-order chi connectivity index (χ0) is 14.8. The number of nitrogens with zero attached hydrogens (tertiary/aromatic N) is 1. The van der Waals surface area contributed by atoms with Crippen LogP contribution in [-0.2, 0) is 14.4 Å². The van der Waals surface area contributed by atoms with Gasteiger partial charge in [0.2, 0.25) is 5.91 Å². The Bertz CT molecular complexity index is 366. The van der Waals surface area contributed by atoms with Crippen molar-refractivity contribution in [2.75, 3.05) is 13.2 Å². The van der Waals surface area contributed by atoms with Gasteiger partial charge in [0.15, 0.2) is 0 Å². The van der Waals surface area contributed by atoms with E-state index in [9.17, 15) is 14.4 Å². The third-order valence-corrected chi connectivity index (χ3v) is 1.82. The number of hydrazone groups is 1. The Hall–Kier alpha value is -1.96. The highest BCUT2D eigenvalue weighted by Crippen LogP contribution is 1.88. The molecule has 19 heavy (non-hydrogen) atoms. The molecule has 0 rings (SSSR count). The highest BCUT2D eigenvalue weighted by atomic mass is 16.3. The second-order valence-electron chi connectivity index (χ2n) is 4.17. The molecule has 3 amide bonds. The van der Waals surface area contributed by atoms with E-state index in [1.165, 1.54) is 0 Å². The summed E-state index contributed by atoms with van der Waals surface area (Å²) in [7, 11) is 0. The summed E-state index contributed by atoms with van der Waals surface area (Å²) in [6.45, 7) is 4.96. The number of carbonyl (C=O) groups excluding carboxylic acids is 3. The van der Waals surface area contributed by atoms with Crippen molar-refractivity contribution in [3.8, 4) is 0 Å². The lowest BCUT2D eigenvalue weighted by Gasteiger charge is -2.07. The lowest BCUT2D eigenvalue weighted by Crippen LogP contribution is -2.39. The number of nitrogens with one attached hydrogen (secondary N) is 3. The maximum Gasteiger partial charge on any atom is 0.329 e. The maximum absolute atomic E-state index is 11.4. The number of hydrogen-bond donors (Lipinski definition) is 4. The molecule has 0 aliphatic carbocycles. The summed E-state index contributed by atoms with van der Waals surface area (Å²) in [5.41, 5.74) is 2.40. The van der Waals surface area contributed by atoms with E-state index in [0.29, 0.717) is 5.71 Å². The fraction of sp³-hybridized carbons (Fsp3) is 0.636. The van der Waals surface area contributed by atoms with Crippen LogP contribution < -0.4 is 16.1 Å². The molecule has 108 valence electrons. The predicted octanol–water partition coefficient (Wildman–Crippen LogP) is -1.50. The van der Waals surface area contributed by atoms with E-state index in [1.54, 1.807) is 6.92 Å². The van der Waals surface area contributed by atoms with Gasteiger partial charge in [0, 0.05) is 18.3 Å². The van der Waals surface area contributed by atoms with Gasteiger partial charge >= 0.3 is 11.8 Å². The number of aliphatic hydroxyl groups excluding tert-OH is 1. The molecule has 8 heteroatoms. The summed E-state index contributed by atoms with van der Waals surface area (Å²) in [5.74, 6) is -2.05. The molecule has 0 atom stereocenters. The van der Waals surface area contributed by atoms with Gasteiger partial charge in [-0.15, -0.1) is 0 Å². The van der Waals surface area contributed by atoms with E-state index in [4.69, 9.17) is 5.11 Å². The molecule has 0 aromatic rings. The molecule has 0 spiro atoms. The first-order valence-electron chi connectivity index (χ1n) is 5.88. The molecule has 0 aromatic carbocycles. The first-order chi connectivity index (χ1) is 8.86. The summed E-state index contributed by atoms with van der Waals surface area (Å²) in [6, 6.07) is 0.0270. The van der Waals surface area contributed by atoms with Crippen LogP contribution in [0.25, 0.3) is 0 Å². The molecule has 8 nitrogen and oxygen atoms in total. The van der Waals surface area contributed by atoms with Crippen molar-refractivity contribution in [1.82, 2.24) is 16.1 Å². The molecule has 0 radical (unpaired) electrons. The smallest absolute Gasteiger partial charge is 0.329 e. The molecular weight excluding hydrogens is 252 g/mol. The van der Waals surface area contributed by atoms with Crippen molar-refractivity contribution in [1.29, 1.82) is 0 Å². The van der Waals surface area contributed by atoms with Crippen molar-refractivity contribution in [2.24, 2.45) is 5.10 Å². The topological polar surface area (TPSA) is 120 Å². The largest absolute Gasteiger partial charge is 0.395 e. The molecule has 0 unspecified atom stereocenters. The van der Waals surface area contributed by atoms with Gasteiger partial charge < -0.3 is 15.7 Å². The number of amides is 3. The van der Waals surface area contributed by atoms with Crippen LogP contribution in [0.4, 0.5) is 0 Å². The number of aliphatic hydroxyl groups is 1. The van der Waals surface area contributed by atoms with Crippen LogP contribution in [0.3, 0.4) is 0 Å². The van der Waals surface area contributed by atoms with Gasteiger partial charge in [-0.05, 0) is 20.8 Å². The minimum atomic E-state index is -0.947. The molecule has 0 aromatic heterocycles. The van der Waals surface area contributed by atoms with Crippen LogP contribution in [0.1, 0.15) is 27.2 Å². The summed E-state index contributed by atoms with van der Waals surface area (Å²) in [5, 5.41) is 16.9. The molecular formula is C11H20N4O4. The van der Waals surface area contributed by atoms with Gasteiger partial charge in [-0.2, -0.15) is 5.10 Å².